The lowest BCUT2D eigenvalue weighted by atomic mass is 10.1. The number of aromatic amines is 1. The molecule has 5 N–H and O–H groups in total. The van der Waals surface area contributed by atoms with Gasteiger partial charge in [-0.25, -0.2) is 0 Å². The van der Waals surface area contributed by atoms with Gasteiger partial charge in [0.2, 0.25) is 5.91 Å². The van der Waals surface area contributed by atoms with Gasteiger partial charge in [0.1, 0.15) is 6.10 Å². The molecule has 0 spiro atoms. The Labute approximate surface area is 98.6 Å². The first-order chi connectivity index (χ1) is 8.18. The van der Waals surface area contributed by atoms with Crippen molar-refractivity contribution in [3.05, 3.63) is 36.0 Å². The molecular weight excluding hydrogens is 218 g/mol. The van der Waals surface area contributed by atoms with Crippen molar-refractivity contribution in [2.75, 3.05) is 6.54 Å². The number of aliphatic hydroxyl groups excluding tert-OH is 1. The number of fused-ring (bicyclic) bond motifs is 1. The third-order valence-electron chi connectivity index (χ3n) is 2.67. The van der Waals surface area contributed by atoms with Gasteiger partial charge in [0.05, 0.1) is 0 Å². The lowest BCUT2D eigenvalue weighted by molar-refractivity contribution is -0.125. The van der Waals surface area contributed by atoms with Crippen molar-refractivity contribution < 1.29 is 9.90 Å². The van der Waals surface area contributed by atoms with Gasteiger partial charge in [-0.05, 0) is 17.7 Å². The number of nitrogens with one attached hydrogen (secondary N) is 2. The molecule has 17 heavy (non-hydrogen) atoms. The molecule has 1 unspecified atom stereocenters. The molecule has 1 atom stereocenters. The number of benzene rings is 1. The maximum Gasteiger partial charge on any atom is 0.247 e. The number of aromatic nitrogens is 1. The minimum atomic E-state index is -1.14. The first-order valence-corrected chi connectivity index (χ1v) is 5.41. The van der Waals surface area contributed by atoms with Gasteiger partial charge in [0.25, 0.3) is 0 Å². The lowest BCUT2D eigenvalue weighted by Crippen LogP contribution is -2.37. The number of carbonyl (C=O) groups excluding carboxylic acids is 1. The van der Waals surface area contributed by atoms with E-state index in [2.05, 4.69) is 10.3 Å². The fourth-order valence-corrected chi connectivity index (χ4v) is 1.75. The van der Waals surface area contributed by atoms with Crippen LogP contribution < -0.4 is 11.1 Å². The number of carbonyl (C=O) groups is 1. The molecule has 1 amide bonds. The van der Waals surface area contributed by atoms with Gasteiger partial charge >= 0.3 is 0 Å². The van der Waals surface area contributed by atoms with Crippen molar-refractivity contribution in [1.29, 1.82) is 0 Å². The molecule has 5 heteroatoms. The number of nitrogens with two attached hydrogens (primary N) is 1. The number of primary amides is 1. The van der Waals surface area contributed by atoms with Crippen LogP contribution in [0.15, 0.2) is 30.5 Å². The van der Waals surface area contributed by atoms with Crippen LogP contribution in [0.4, 0.5) is 0 Å². The van der Waals surface area contributed by atoms with E-state index >= 15 is 0 Å². The zero-order valence-corrected chi connectivity index (χ0v) is 9.31. The highest BCUT2D eigenvalue weighted by Crippen LogP contribution is 2.16. The summed E-state index contributed by atoms with van der Waals surface area (Å²) >= 11 is 0. The molecule has 1 aromatic heterocycles. The number of hydrogen-bond donors (Lipinski definition) is 4. The summed E-state index contributed by atoms with van der Waals surface area (Å²) in [6.45, 7) is 0.746. The van der Waals surface area contributed by atoms with Crippen LogP contribution in [-0.4, -0.2) is 28.6 Å². The Morgan fingerprint density at radius 1 is 1.47 bits per heavy atom. The van der Waals surface area contributed by atoms with Gasteiger partial charge in [0, 0.05) is 30.2 Å². The van der Waals surface area contributed by atoms with Gasteiger partial charge < -0.3 is 21.1 Å². The number of H-pyrrole nitrogens is 1. The van der Waals surface area contributed by atoms with Gasteiger partial charge in [0.15, 0.2) is 0 Å². The molecule has 0 saturated carbocycles. The van der Waals surface area contributed by atoms with E-state index in [4.69, 9.17) is 5.73 Å². The highest BCUT2D eigenvalue weighted by molar-refractivity contribution is 5.82. The van der Waals surface area contributed by atoms with Gasteiger partial charge in [-0.1, -0.05) is 12.1 Å². The predicted octanol–water partition coefficient (Wildman–Crippen LogP) is 0.104. The highest BCUT2D eigenvalue weighted by atomic mass is 16.3. The predicted molar refractivity (Wildman–Crippen MR) is 65.2 cm³/mol. The molecule has 0 fully saturated rings. The summed E-state index contributed by atoms with van der Waals surface area (Å²) < 4.78 is 0. The number of hydrogen-bond acceptors (Lipinski definition) is 3. The SMILES string of the molecule is NC(=O)C(O)CNCc1cccc2[nH]ccc12. The largest absolute Gasteiger partial charge is 0.382 e. The van der Waals surface area contributed by atoms with Gasteiger partial charge in [-0.3, -0.25) is 4.79 Å². The topological polar surface area (TPSA) is 91.1 Å². The van der Waals surface area contributed by atoms with E-state index in [-0.39, 0.29) is 6.54 Å². The second-order valence-electron chi connectivity index (χ2n) is 3.91. The summed E-state index contributed by atoms with van der Waals surface area (Å²) in [6, 6.07) is 7.95. The van der Waals surface area contributed by atoms with Crippen molar-refractivity contribution in [2.45, 2.75) is 12.6 Å². The minimum Gasteiger partial charge on any atom is -0.382 e. The average Bonchev–Trinajstić information content (AvgIpc) is 2.77. The Hall–Kier alpha value is -1.85. The van der Waals surface area contributed by atoms with Crippen LogP contribution in [0.5, 0.6) is 0 Å². The quantitative estimate of drug-likeness (QED) is 0.590. The van der Waals surface area contributed by atoms with Crippen LogP contribution >= 0.6 is 0 Å². The molecule has 0 saturated heterocycles. The van der Waals surface area contributed by atoms with E-state index in [1.807, 2.05) is 30.5 Å². The second kappa shape index (κ2) is 4.99. The third-order valence-corrected chi connectivity index (χ3v) is 2.67. The summed E-state index contributed by atoms with van der Waals surface area (Å²) in [6.07, 6.45) is 0.743. The fraction of sp³-hybridized carbons (Fsp3) is 0.250. The number of rotatable bonds is 5. The van der Waals surface area contributed by atoms with E-state index in [1.54, 1.807) is 0 Å². The summed E-state index contributed by atoms with van der Waals surface area (Å²) in [4.78, 5) is 13.8. The molecular formula is C12H15N3O2. The molecule has 0 radical (unpaired) electrons. The molecule has 90 valence electrons. The maximum absolute atomic E-state index is 10.6. The van der Waals surface area contributed by atoms with Gasteiger partial charge in [-0.2, -0.15) is 0 Å². The van der Waals surface area contributed by atoms with E-state index in [0.717, 1.165) is 16.5 Å². The molecule has 2 aromatic rings. The molecule has 0 aliphatic rings. The highest BCUT2D eigenvalue weighted by Gasteiger charge is 2.09. The average molecular weight is 233 g/mol. The monoisotopic (exact) mass is 233 g/mol. The zero-order valence-electron chi connectivity index (χ0n) is 9.31. The van der Waals surface area contributed by atoms with Crippen molar-refractivity contribution in [1.82, 2.24) is 10.3 Å². The van der Waals surface area contributed by atoms with E-state index in [0.29, 0.717) is 6.54 Å². The Bertz CT molecular complexity index is 521. The van der Waals surface area contributed by atoms with Crippen molar-refractivity contribution in [3.63, 3.8) is 0 Å². The molecule has 1 heterocycles. The first kappa shape index (κ1) is 11.6. The van der Waals surface area contributed by atoms with Gasteiger partial charge in [-0.15, -0.1) is 0 Å². The number of amides is 1. The molecule has 0 bridgehead atoms. The van der Waals surface area contributed by atoms with E-state index in [9.17, 15) is 9.90 Å². The third kappa shape index (κ3) is 2.64. The Morgan fingerprint density at radius 3 is 3.06 bits per heavy atom. The number of aliphatic hydroxyl groups is 1. The zero-order chi connectivity index (χ0) is 12.3. The standard InChI is InChI=1S/C12H15N3O2/c13-12(17)11(16)7-14-6-8-2-1-3-10-9(8)4-5-15-10/h1-5,11,14-16H,6-7H2,(H2,13,17). The van der Waals surface area contributed by atoms with Crippen LogP contribution in [0.2, 0.25) is 0 Å². The normalized spacial score (nSPS) is 12.8. The molecule has 2 rings (SSSR count). The van der Waals surface area contributed by atoms with Crippen molar-refractivity contribution in [3.8, 4) is 0 Å². The summed E-state index contributed by atoms with van der Waals surface area (Å²) in [5, 5.41) is 13.4. The van der Waals surface area contributed by atoms with Crippen LogP contribution in [0.1, 0.15) is 5.56 Å². The van der Waals surface area contributed by atoms with Crippen LogP contribution in [0.25, 0.3) is 10.9 Å². The summed E-state index contributed by atoms with van der Waals surface area (Å²) in [5.74, 6) is -0.711. The first-order valence-electron chi connectivity index (χ1n) is 5.41. The molecule has 0 aliphatic heterocycles. The fourth-order valence-electron chi connectivity index (χ4n) is 1.75. The minimum absolute atomic E-state index is 0.163. The molecule has 5 nitrogen and oxygen atoms in total. The Balaban J connectivity index is 1.99. The summed E-state index contributed by atoms with van der Waals surface area (Å²) in [5.41, 5.74) is 7.14. The smallest absolute Gasteiger partial charge is 0.247 e. The van der Waals surface area contributed by atoms with Crippen molar-refractivity contribution >= 4 is 16.8 Å². The van der Waals surface area contributed by atoms with E-state index in [1.165, 1.54) is 0 Å². The second-order valence-corrected chi connectivity index (χ2v) is 3.91. The van der Waals surface area contributed by atoms with Crippen LogP contribution in [-0.2, 0) is 11.3 Å². The molecule has 1 aromatic carbocycles. The van der Waals surface area contributed by atoms with Crippen LogP contribution in [0.3, 0.4) is 0 Å². The summed E-state index contributed by atoms with van der Waals surface area (Å²) in [7, 11) is 0. The Morgan fingerprint density at radius 2 is 2.29 bits per heavy atom. The Kier molecular flexibility index (Phi) is 3.41. The molecule has 0 aliphatic carbocycles. The van der Waals surface area contributed by atoms with Crippen molar-refractivity contribution in [2.24, 2.45) is 5.73 Å². The lowest BCUT2D eigenvalue weighted by Gasteiger charge is -2.09. The maximum atomic E-state index is 10.6. The van der Waals surface area contributed by atoms with E-state index < -0.39 is 12.0 Å². The van der Waals surface area contributed by atoms with Crippen LogP contribution in [0, 0.1) is 0 Å².